The van der Waals surface area contributed by atoms with Crippen LogP contribution >= 0.6 is 0 Å². The highest BCUT2D eigenvalue weighted by atomic mass is 16.4. The van der Waals surface area contributed by atoms with Gasteiger partial charge in [0.2, 0.25) is 0 Å². The molecule has 0 heterocycles. The number of hydrogen-bond acceptors (Lipinski definition) is 3. The zero-order chi connectivity index (χ0) is 11.7. The van der Waals surface area contributed by atoms with Crippen LogP contribution in [0.4, 0.5) is 0 Å². The Morgan fingerprint density at radius 3 is 2.69 bits per heavy atom. The van der Waals surface area contributed by atoms with Gasteiger partial charge in [0.15, 0.2) is 0 Å². The molecule has 4 heteroatoms. The van der Waals surface area contributed by atoms with Gasteiger partial charge in [-0.05, 0) is 49.9 Å². The molecule has 1 aromatic carbocycles. The molecule has 1 aromatic rings. The van der Waals surface area contributed by atoms with E-state index in [9.17, 15) is 0 Å². The largest absolute Gasteiger partial charge is 0.488 e. The molecule has 0 fully saturated rings. The van der Waals surface area contributed by atoms with Crippen molar-refractivity contribution in [2.45, 2.75) is 25.3 Å². The lowest BCUT2D eigenvalue weighted by molar-refractivity contribution is 0.268. The van der Waals surface area contributed by atoms with E-state index in [1.54, 1.807) is 0 Å². The molecule has 0 bridgehead atoms. The predicted octanol–water partition coefficient (Wildman–Crippen LogP) is 0.305. The summed E-state index contributed by atoms with van der Waals surface area (Å²) in [5.74, 6) is 0. The minimum absolute atomic E-state index is 0.466. The molecule has 1 atom stereocenters. The Kier molecular flexibility index (Phi) is 3.33. The molecule has 0 aliphatic heterocycles. The Morgan fingerprint density at radius 2 is 2.06 bits per heavy atom. The number of nitrogens with zero attached hydrogens (tertiary/aromatic N) is 1. The van der Waals surface area contributed by atoms with Gasteiger partial charge in [-0.15, -0.1) is 0 Å². The van der Waals surface area contributed by atoms with Gasteiger partial charge in [0.05, 0.1) is 0 Å². The van der Waals surface area contributed by atoms with E-state index in [-0.39, 0.29) is 0 Å². The van der Waals surface area contributed by atoms with Crippen LogP contribution in [0.15, 0.2) is 18.2 Å². The Labute approximate surface area is 96.9 Å². The van der Waals surface area contributed by atoms with Crippen molar-refractivity contribution in [2.75, 3.05) is 14.1 Å². The Morgan fingerprint density at radius 1 is 1.31 bits per heavy atom. The van der Waals surface area contributed by atoms with Crippen molar-refractivity contribution in [3.8, 4) is 0 Å². The van der Waals surface area contributed by atoms with E-state index in [1.807, 2.05) is 18.2 Å². The predicted molar refractivity (Wildman–Crippen MR) is 65.6 cm³/mol. The van der Waals surface area contributed by atoms with Crippen molar-refractivity contribution >= 4 is 12.6 Å². The first kappa shape index (κ1) is 11.6. The van der Waals surface area contributed by atoms with Gasteiger partial charge in [-0.3, -0.25) is 0 Å². The topological polar surface area (TPSA) is 43.7 Å². The Bertz CT molecular complexity index is 379. The molecule has 0 radical (unpaired) electrons. The van der Waals surface area contributed by atoms with Crippen molar-refractivity contribution in [3.05, 3.63) is 29.3 Å². The average Bonchev–Trinajstić information content (AvgIpc) is 2.27. The third kappa shape index (κ3) is 2.14. The molecule has 0 saturated carbocycles. The molecule has 0 aromatic heterocycles. The lowest BCUT2D eigenvalue weighted by Crippen LogP contribution is -2.32. The van der Waals surface area contributed by atoms with Gasteiger partial charge in [0.1, 0.15) is 0 Å². The summed E-state index contributed by atoms with van der Waals surface area (Å²) in [7, 11) is 2.83. The van der Waals surface area contributed by atoms with Gasteiger partial charge in [0.25, 0.3) is 0 Å². The molecule has 0 amide bonds. The summed E-state index contributed by atoms with van der Waals surface area (Å²) < 4.78 is 0. The van der Waals surface area contributed by atoms with Crippen LogP contribution in [0.5, 0.6) is 0 Å². The van der Waals surface area contributed by atoms with Crippen LogP contribution in [0.25, 0.3) is 0 Å². The monoisotopic (exact) mass is 219 g/mol. The highest BCUT2D eigenvalue weighted by Crippen LogP contribution is 2.32. The van der Waals surface area contributed by atoms with Crippen molar-refractivity contribution in [3.63, 3.8) is 0 Å². The standard InChI is InChI=1S/C12H18BNO2/c1-14(2)12-5-3-4-9-8-10(13(15)16)6-7-11(9)12/h6-8,12,15-16H,3-5H2,1-2H3. The van der Waals surface area contributed by atoms with Gasteiger partial charge in [-0.25, -0.2) is 0 Å². The molecule has 1 aliphatic carbocycles. The zero-order valence-electron chi connectivity index (χ0n) is 9.85. The first-order valence-corrected chi connectivity index (χ1v) is 5.75. The van der Waals surface area contributed by atoms with E-state index in [1.165, 1.54) is 24.0 Å². The summed E-state index contributed by atoms with van der Waals surface area (Å²) in [6, 6.07) is 6.24. The van der Waals surface area contributed by atoms with E-state index in [4.69, 9.17) is 10.0 Å². The molecule has 2 N–H and O–H groups in total. The van der Waals surface area contributed by atoms with Crippen LogP contribution in [0.1, 0.15) is 30.0 Å². The molecule has 0 saturated heterocycles. The van der Waals surface area contributed by atoms with Crippen LogP contribution in [0, 0.1) is 0 Å². The second kappa shape index (κ2) is 4.57. The summed E-state index contributed by atoms with van der Waals surface area (Å²) in [6.07, 6.45) is 3.39. The fraction of sp³-hybridized carbons (Fsp3) is 0.500. The molecule has 16 heavy (non-hydrogen) atoms. The number of fused-ring (bicyclic) bond motifs is 1. The molecule has 86 valence electrons. The second-order valence-corrected chi connectivity index (χ2v) is 4.70. The Hall–Kier alpha value is -0.835. The van der Waals surface area contributed by atoms with Gasteiger partial charge in [-0.2, -0.15) is 0 Å². The lowest BCUT2D eigenvalue weighted by Gasteiger charge is -2.31. The third-order valence-electron chi connectivity index (χ3n) is 3.37. The highest BCUT2D eigenvalue weighted by molar-refractivity contribution is 6.58. The summed E-state index contributed by atoms with van der Waals surface area (Å²) in [6.45, 7) is 0. The average molecular weight is 219 g/mol. The van der Waals surface area contributed by atoms with E-state index in [0.29, 0.717) is 11.5 Å². The van der Waals surface area contributed by atoms with Gasteiger partial charge in [0, 0.05) is 6.04 Å². The van der Waals surface area contributed by atoms with Gasteiger partial charge >= 0.3 is 7.12 Å². The maximum atomic E-state index is 9.15. The van der Waals surface area contributed by atoms with Crippen molar-refractivity contribution in [1.82, 2.24) is 4.90 Å². The minimum Gasteiger partial charge on any atom is -0.423 e. The van der Waals surface area contributed by atoms with E-state index < -0.39 is 7.12 Å². The van der Waals surface area contributed by atoms with Crippen LogP contribution in [-0.2, 0) is 6.42 Å². The van der Waals surface area contributed by atoms with Crippen molar-refractivity contribution < 1.29 is 10.0 Å². The van der Waals surface area contributed by atoms with Crippen molar-refractivity contribution in [2.24, 2.45) is 0 Å². The molecule has 2 rings (SSSR count). The molecule has 3 nitrogen and oxygen atoms in total. The summed E-state index contributed by atoms with van der Waals surface area (Å²) in [4.78, 5) is 2.23. The van der Waals surface area contributed by atoms with Crippen LogP contribution in [0.2, 0.25) is 0 Å². The maximum Gasteiger partial charge on any atom is 0.488 e. The lowest BCUT2D eigenvalue weighted by atomic mass is 9.76. The van der Waals surface area contributed by atoms with E-state index >= 15 is 0 Å². The number of aryl methyl sites for hydroxylation is 1. The summed E-state index contributed by atoms with van der Waals surface area (Å²) in [5.41, 5.74) is 3.19. The van der Waals surface area contributed by atoms with Crippen LogP contribution in [-0.4, -0.2) is 36.2 Å². The molecule has 1 unspecified atom stereocenters. The molecular weight excluding hydrogens is 201 g/mol. The van der Waals surface area contributed by atoms with Crippen LogP contribution in [0.3, 0.4) is 0 Å². The SMILES string of the molecule is CN(C)C1CCCc2cc(B(O)O)ccc21. The first-order chi connectivity index (χ1) is 7.59. The van der Waals surface area contributed by atoms with Gasteiger partial charge < -0.3 is 14.9 Å². The normalized spacial score (nSPS) is 19.7. The van der Waals surface area contributed by atoms with Crippen LogP contribution < -0.4 is 5.46 Å². The quantitative estimate of drug-likeness (QED) is 0.703. The first-order valence-electron chi connectivity index (χ1n) is 5.75. The van der Waals surface area contributed by atoms with Gasteiger partial charge in [-0.1, -0.05) is 18.2 Å². The molecular formula is C12H18BNO2. The van der Waals surface area contributed by atoms with Crippen molar-refractivity contribution in [1.29, 1.82) is 0 Å². The van der Waals surface area contributed by atoms with E-state index in [2.05, 4.69) is 19.0 Å². The fourth-order valence-electron chi connectivity index (χ4n) is 2.51. The number of hydrogen-bond donors (Lipinski definition) is 2. The number of benzene rings is 1. The number of rotatable bonds is 2. The smallest absolute Gasteiger partial charge is 0.423 e. The summed E-state index contributed by atoms with van der Waals surface area (Å²) >= 11 is 0. The Balaban J connectivity index is 2.37. The second-order valence-electron chi connectivity index (χ2n) is 4.70. The maximum absolute atomic E-state index is 9.15. The third-order valence-corrected chi connectivity index (χ3v) is 3.37. The molecule has 1 aliphatic rings. The summed E-state index contributed by atoms with van der Waals surface area (Å²) in [5, 5.41) is 18.3. The zero-order valence-corrected chi connectivity index (χ0v) is 9.85. The van der Waals surface area contributed by atoms with E-state index in [0.717, 1.165) is 6.42 Å². The minimum atomic E-state index is -1.36. The highest BCUT2D eigenvalue weighted by Gasteiger charge is 2.23. The fourth-order valence-corrected chi connectivity index (χ4v) is 2.51. The molecule has 0 spiro atoms.